The Morgan fingerprint density at radius 1 is 1.29 bits per heavy atom. The number of benzene rings is 2. The summed E-state index contributed by atoms with van der Waals surface area (Å²) in [4.78, 5) is 11.8. The maximum absolute atomic E-state index is 10.6. The number of hydrogen-bond acceptors (Lipinski definition) is 5. The minimum Gasteiger partial charge on any atom is -0.409 e. The van der Waals surface area contributed by atoms with Gasteiger partial charge < -0.3 is 10.9 Å². The average Bonchev–Trinajstić information content (AvgIpc) is 2.48. The maximum Gasteiger partial charge on any atom is 0.269 e. The standard InChI is InChI=1S/C14H13N3O3S/c1-9-2-7-13(12(8-9)14(15)16-18)21-11-5-3-10(4-6-11)17(19)20/h2-8,18H,1H3,(H2,15,16). The first-order chi connectivity index (χ1) is 10.0. The summed E-state index contributed by atoms with van der Waals surface area (Å²) in [6.07, 6.45) is 0. The van der Waals surface area contributed by atoms with E-state index >= 15 is 0 Å². The Balaban J connectivity index is 2.33. The van der Waals surface area contributed by atoms with Gasteiger partial charge in [-0.3, -0.25) is 10.1 Å². The van der Waals surface area contributed by atoms with Crippen molar-refractivity contribution in [2.75, 3.05) is 0 Å². The van der Waals surface area contributed by atoms with Crippen LogP contribution in [-0.2, 0) is 0 Å². The molecule has 0 atom stereocenters. The van der Waals surface area contributed by atoms with Crippen LogP contribution in [0.4, 0.5) is 5.69 Å². The fourth-order valence-electron chi connectivity index (χ4n) is 1.75. The number of rotatable bonds is 4. The van der Waals surface area contributed by atoms with Gasteiger partial charge in [0.2, 0.25) is 0 Å². The summed E-state index contributed by atoms with van der Waals surface area (Å²) < 4.78 is 0. The monoisotopic (exact) mass is 303 g/mol. The maximum atomic E-state index is 10.6. The molecule has 2 aromatic rings. The Morgan fingerprint density at radius 2 is 1.95 bits per heavy atom. The van der Waals surface area contributed by atoms with Gasteiger partial charge in [0, 0.05) is 27.5 Å². The topological polar surface area (TPSA) is 102 Å². The number of nitrogens with zero attached hydrogens (tertiary/aromatic N) is 2. The second-order valence-electron chi connectivity index (χ2n) is 4.34. The third-order valence-corrected chi connectivity index (χ3v) is 3.88. The number of oxime groups is 1. The van der Waals surface area contributed by atoms with Crippen LogP contribution in [-0.4, -0.2) is 16.0 Å². The molecule has 108 valence electrons. The molecule has 0 radical (unpaired) electrons. The number of non-ortho nitro benzene ring substituents is 1. The normalized spacial score (nSPS) is 11.4. The zero-order valence-electron chi connectivity index (χ0n) is 11.2. The molecule has 0 aliphatic heterocycles. The Kier molecular flexibility index (Phi) is 4.44. The molecule has 0 fully saturated rings. The van der Waals surface area contributed by atoms with Crippen molar-refractivity contribution in [2.24, 2.45) is 10.9 Å². The van der Waals surface area contributed by atoms with Gasteiger partial charge in [-0.25, -0.2) is 0 Å². The molecule has 0 saturated carbocycles. The molecular formula is C14H13N3O3S. The van der Waals surface area contributed by atoms with Gasteiger partial charge in [0.15, 0.2) is 5.84 Å². The summed E-state index contributed by atoms with van der Waals surface area (Å²) in [5, 5.41) is 22.5. The van der Waals surface area contributed by atoms with E-state index in [-0.39, 0.29) is 11.5 Å². The lowest BCUT2D eigenvalue weighted by Crippen LogP contribution is -2.14. The largest absolute Gasteiger partial charge is 0.409 e. The molecule has 2 aromatic carbocycles. The van der Waals surface area contributed by atoms with Crippen molar-refractivity contribution >= 4 is 23.3 Å². The SMILES string of the molecule is Cc1ccc(Sc2ccc([N+](=O)[O-])cc2)c(/C(N)=N/O)c1. The number of nitrogens with two attached hydrogens (primary N) is 1. The Labute approximate surface area is 125 Å². The molecule has 6 nitrogen and oxygen atoms in total. The van der Waals surface area contributed by atoms with Gasteiger partial charge in [-0.1, -0.05) is 28.5 Å². The van der Waals surface area contributed by atoms with E-state index in [9.17, 15) is 10.1 Å². The molecule has 0 saturated heterocycles. The molecule has 0 unspecified atom stereocenters. The van der Waals surface area contributed by atoms with Crippen molar-refractivity contribution in [3.8, 4) is 0 Å². The van der Waals surface area contributed by atoms with E-state index in [2.05, 4.69) is 5.16 Å². The molecule has 21 heavy (non-hydrogen) atoms. The summed E-state index contributed by atoms with van der Waals surface area (Å²) in [5.74, 6) is 0.0307. The van der Waals surface area contributed by atoms with Crippen molar-refractivity contribution in [3.05, 3.63) is 63.7 Å². The van der Waals surface area contributed by atoms with Crippen LogP contribution < -0.4 is 5.73 Å². The molecule has 0 aliphatic rings. The van der Waals surface area contributed by atoms with Gasteiger partial charge in [-0.15, -0.1) is 0 Å². The Bertz CT molecular complexity index is 699. The Hall–Kier alpha value is -2.54. The smallest absolute Gasteiger partial charge is 0.269 e. The molecule has 0 amide bonds. The number of nitro groups is 1. The Morgan fingerprint density at radius 3 is 2.52 bits per heavy atom. The van der Waals surface area contributed by atoms with E-state index in [1.165, 1.54) is 23.9 Å². The van der Waals surface area contributed by atoms with Crippen LogP contribution in [0, 0.1) is 17.0 Å². The highest BCUT2D eigenvalue weighted by Crippen LogP contribution is 2.32. The quantitative estimate of drug-likeness (QED) is 0.297. The lowest BCUT2D eigenvalue weighted by atomic mass is 10.1. The average molecular weight is 303 g/mol. The van der Waals surface area contributed by atoms with Gasteiger partial charge >= 0.3 is 0 Å². The van der Waals surface area contributed by atoms with Crippen LogP contribution in [0.15, 0.2) is 57.4 Å². The number of nitro benzene ring substituents is 1. The van der Waals surface area contributed by atoms with E-state index in [1.807, 2.05) is 25.1 Å². The first kappa shape index (κ1) is 14.9. The van der Waals surface area contributed by atoms with Gasteiger partial charge in [0.05, 0.1) is 4.92 Å². The van der Waals surface area contributed by atoms with Crippen LogP contribution in [0.5, 0.6) is 0 Å². The van der Waals surface area contributed by atoms with Gasteiger partial charge in [-0.05, 0) is 31.2 Å². The minimum absolute atomic E-state index is 0.0307. The minimum atomic E-state index is -0.442. The molecule has 7 heteroatoms. The summed E-state index contributed by atoms with van der Waals surface area (Å²) in [6.45, 7) is 1.91. The number of amidine groups is 1. The highest BCUT2D eigenvalue weighted by Gasteiger charge is 2.10. The van der Waals surface area contributed by atoms with Gasteiger partial charge in [-0.2, -0.15) is 0 Å². The fraction of sp³-hybridized carbons (Fsp3) is 0.0714. The molecule has 3 N–H and O–H groups in total. The summed E-state index contributed by atoms with van der Waals surface area (Å²) in [6, 6.07) is 11.8. The number of hydrogen-bond donors (Lipinski definition) is 2. The first-order valence-corrected chi connectivity index (χ1v) is 6.84. The lowest BCUT2D eigenvalue weighted by molar-refractivity contribution is -0.384. The van der Waals surface area contributed by atoms with Crippen LogP contribution in [0.3, 0.4) is 0 Å². The zero-order chi connectivity index (χ0) is 15.4. The zero-order valence-corrected chi connectivity index (χ0v) is 12.0. The van der Waals surface area contributed by atoms with Crippen LogP contribution >= 0.6 is 11.8 Å². The summed E-state index contributed by atoms with van der Waals surface area (Å²) >= 11 is 1.39. The van der Waals surface area contributed by atoms with E-state index in [4.69, 9.17) is 10.9 Å². The third-order valence-electron chi connectivity index (χ3n) is 2.79. The van der Waals surface area contributed by atoms with Crippen molar-refractivity contribution in [3.63, 3.8) is 0 Å². The summed E-state index contributed by atoms with van der Waals surface area (Å²) in [7, 11) is 0. The van der Waals surface area contributed by atoms with Crippen molar-refractivity contribution in [1.82, 2.24) is 0 Å². The predicted octanol–water partition coefficient (Wildman–Crippen LogP) is 3.15. The first-order valence-electron chi connectivity index (χ1n) is 6.02. The van der Waals surface area contributed by atoms with E-state index in [1.54, 1.807) is 12.1 Å². The van der Waals surface area contributed by atoms with E-state index in [0.717, 1.165) is 15.4 Å². The van der Waals surface area contributed by atoms with Crippen molar-refractivity contribution in [2.45, 2.75) is 16.7 Å². The highest BCUT2D eigenvalue weighted by molar-refractivity contribution is 7.99. The molecule has 0 bridgehead atoms. The molecular weight excluding hydrogens is 290 g/mol. The highest BCUT2D eigenvalue weighted by atomic mass is 32.2. The second-order valence-corrected chi connectivity index (χ2v) is 5.45. The van der Waals surface area contributed by atoms with Crippen LogP contribution in [0.25, 0.3) is 0 Å². The molecule has 0 aromatic heterocycles. The van der Waals surface area contributed by atoms with Crippen LogP contribution in [0.1, 0.15) is 11.1 Å². The fourth-order valence-corrected chi connectivity index (χ4v) is 2.69. The van der Waals surface area contributed by atoms with Crippen molar-refractivity contribution < 1.29 is 10.1 Å². The van der Waals surface area contributed by atoms with Gasteiger partial charge in [0.1, 0.15) is 0 Å². The van der Waals surface area contributed by atoms with E-state index < -0.39 is 4.92 Å². The molecule has 2 rings (SSSR count). The molecule has 0 heterocycles. The van der Waals surface area contributed by atoms with Crippen LogP contribution in [0.2, 0.25) is 0 Å². The lowest BCUT2D eigenvalue weighted by Gasteiger charge is -2.09. The summed E-state index contributed by atoms with van der Waals surface area (Å²) in [5.41, 5.74) is 7.34. The molecule has 0 spiro atoms. The number of aryl methyl sites for hydroxylation is 1. The van der Waals surface area contributed by atoms with Gasteiger partial charge in [0.25, 0.3) is 5.69 Å². The van der Waals surface area contributed by atoms with E-state index in [0.29, 0.717) is 5.56 Å². The second kappa shape index (κ2) is 6.27. The molecule has 0 aliphatic carbocycles. The third kappa shape index (κ3) is 3.51. The van der Waals surface area contributed by atoms with Crippen molar-refractivity contribution in [1.29, 1.82) is 0 Å². The predicted molar refractivity (Wildman–Crippen MR) is 80.9 cm³/mol.